The predicted molar refractivity (Wildman–Crippen MR) is 104 cm³/mol. The summed E-state index contributed by atoms with van der Waals surface area (Å²) < 4.78 is 10.5. The number of aliphatic hydroxyl groups excluding tert-OH is 1. The number of rotatable bonds is 8. The molecule has 0 spiro atoms. The Morgan fingerprint density at radius 3 is 2.65 bits per heavy atom. The van der Waals surface area contributed by atoms with Crippen molar-refractivity contribution in [3.05, 3.63) is 39.8 Å². The highest BCUT2D eigenvalue weighted by atomic mass is 32.1. The van der Waals surface area contributed by atoms with Gasteiger partial charge in [0.25, 0.3) is 0 Å². The highest BCUT2D eigenvalue weighted by Gasteiger charge is 2.12. The summed E-state index contributed by atoms with van der Waals surface area (Å²) in [6.45, 7) is 5.57. The van der Waals surface area contributed by atoms with Crippen molar-refractivity contribution < 1.29 is 14.6 Å². The average molecular weight is 378 g/mol. The molecular weight excluding hydrogens is 352 g/mol. The van der Waals surface area contributed by atoms with E-state index in [1.54, 1.807) is 37.7 Å². The van der Waals surface area contributed by atoms with Gasteiger partial charge in [-0.2, -0.15) is 0 Å². The molecule has 0 saturated heterocycles. The first-order chi connectivity index (χ1) is 12.6. The van der Waals surface area contributed by atoms with Gasteiger partial charge in [0, 0.05) is 24.2 Å². The second kappa shape index (κ2) is 9.98. The lowest BCUT2D eigenvalue weighted by Crippen LogP contribution is -2.39. The quantitative estimate of drug-likeness (QED) is 0.482. The van der Waals surface area contributed by atoms with Gasteiger partial charge in [-0.1, -0.05) is 6.07 Å². The van der Waals surface area contributed by atoms with Gasteiger partial charge in [0.2, 0.25) is 0 Å². The minimum Gasteiger partial charge on any atom is -0.493 e. The van der Waals surface area contributed by atoms with Gasteiger partial charge < -0.3 is 25.2 Å². The van der Waals surface area contributed by atoms with Crippen molar-refractivity contribution in [2.45, 2.75) is 26.5 Å². The largest absolute Gasteiger partial charge is 0.493 e. The van der Waals surface area contributed by atoms with Crippen LogP contribution in [-0.2, 0) is 6.54 Å². The van der Waals surface area contributed by atoms with E-state index < -0.39 is 6.10 Å². The molecule has 0 bridgehead atoms. The fourth-order valence-corrected chi connectivity index (χ4v) is 3.05. The number of methoxy groups -OCH3 is 2. The zero-order chi connectivity index (χ0) is 18.9. The smallest absolute Gasteiger partial charge is 0.191 e. The summed E-state index contributed by atoms with van der Waals surface area (Å²) >= 11 is 1.63. The number of hydrogen-bond acceptors (Lipinski definition) is 6. The van der Waals surface area contributed by atoms with E-state index in [2.05, 4.69) is 20.6 Å². The van der Waals surface area contributed by atoms with E-state index in [0.29, 0.717) is 30.5 Å². The van der Waals surface area contributed by atoms with Gasteiger partial charge in [-0.15, -0.1) is 11.3 Å². The Labute approximate surface area is 158 Å². The van der Waals surface area contributed by atoms with Gasteiger partial charge in [0.1, 0.15) is 5.01 Å². The van der Waals surface area contributed by atoms with Crippen LogP contribution in [-0.4, -0.2) is 43.4 Å². The number of aliphatic hydroxyl groups is 1. The van der Waals surface area contributed by atoms with Crippen LogP contribution < -0.4 is 20.1 Å². The molecule has 0 amide bonds. The third-order valence-electron chi connectivity index (χ3n) is 3.64. The van der Waals surface area contributed by atoms with Crippen LogP contribution in [0.25, 0.3) is 0 Å². The van der Waals surface area contributed by atoms with Crippen LogP contribution in [0.15, 0.2) is 29.4 Å². The van der Waals surface area contributed by atoms with Crippen molar-refractivity contribution in [3.63, 3.8) is 0 Å². The van der Waals surface area contributed by atoms with Crippen LogP contribution >= 0.6 is 11.3 Å². The Bertz CT molecular complexity index is 733. The fraction of sp³-hybridized carbons (Fsp3) is 0.444. The van der Waals surface area contributed by atoms with Crippen molar-refractivity contribution in [2.75, 3.05) is 27.3 Å². The van der Waals surface area contributed by atoms with Gasteiger partial charge in [-0.05, 0) is 31.5 Å². The summed E-state index contributed by atoms with van der Waals surface area (Å²) in [7, 11) is 3.15. The van der Waals surface area contributed by atoms with E-state index in [9.17, 15) is 5.11 Å². The van der Waals surface area contributed by atoms with Gasteiger partial charge in [-0.25, -0.2) is 9.98 Å². The number of hydrogen-bond donors (Lipinski definition) is 3. The summed E-state index contributed by atoms with van der Waals surface area (Å²) in [6.07, 6.45) is 1.14. The lowest BCUT2D eigenvalue weighted by Gasteiger charge is -2.17. The maximum Gasteiger partial charge on any atom is 0.191 e. The van der Waals surface area contributed by atoms with Crippen molar-refractivity contribution in [2.24, 2.45) is 4.99 Å². The van der Waals surface area contributed by atoms with Crippen molar-refractivity contribution in [1.29, 1.82) is 0 Å². The van der Waals surface area contributed by atoms with E-state index in [1.165, 1.54) is 0 Å². The van der Waals surface area contributed by atoms with Crippen LogP contribution in [0.2, 0.25) is 0 Å². The second-order valence-electron chi connectivity index (χ2n) is 5.57. The van der Waals surface area contributed by atoms with Crippen LogP contribution in [0.4, 0.5) is 0 Å². The average Bonchev–Trinajstić information content (AvgIpc) is 3.08. The molecule has 26 heavy (non-hydrogen) atoms. The fourth-order valence-electron chi connectivity index (χ4n) is 2.33. The molecule has 2 rings (SSSR count). The summed E-state index contributed by atoms with van der Waals surface area (Å²) in [6, 6.07) is 5.37. The number of nitrogens with one attached hydrogen (secondary N) is 2. The number of nitrogens with zero attached hydrogens (tertiary/aromatic N) is 2. The maximum absolute atomic E-state index is 10.5. The number of thiazole rings is 1. The molecular formula is C18H26N4O3S. The molecule has 0 radical (unpaired) electrons. The van der Waals surface area contributed by atoms with Gasteiger partial charge >= 0.3 is 0 Å². The minimum atomic E-state index is -0.708. The molecule has 1 aromatic carbocycles. The molecule has 0 aliphatic carbocycles. The molecule has 0 aliphatic heterocycles. The van der Waals surface area contributed by atoms with Crippen molar-refractivity contribution in [3.8, 4) is 11.5 Å². The van der Waals surface area contributed by atoms with Crippen LogP contribution in [0.5, 0.6) is 11.5 Å². The Balaban J connectivity index is 1.99. The van der Waals surface area contributed by atoms with Crippen LogP contribution in [0.3, 0.4) is 0 Å². The van der Waals surface area contributed by atoms with Crippen molar-refractivity contribution in [1.82, 2.24) is 15.6 Å². The van der Waals surface area contributed by atoms with Gasteiger partial charge in [0.15, 0.2) is 17.5 Å². The van der Waals surface area contributed by atoms with Gasteiger partial charge in [-0.3, -0.25) is 0 Å². The molecule has 2 aromatic rings. The van der Waals surface area contributed by atoms with E-state index >= 15 is 0 Å². The topological polar surface area (TPSA) is 88.0 Å². The molecule has 7 nitrogen and oxygen atoms in total. The van der Waals surface area contributed by atoms with E-state index in [-0.39, 0.29) is 0 Å². The first kappa shape index (κ1) is 20.0. The third-order valence-corrected chi connectivity index (χ3v) is 4.54. The molecule has 1 aromatic heterocycles. The number of aryl methyl sites for hydroxylation is 1. The first-order valence-corrected chi connectivity index (χ1v) is 9.22. The Kier molecular flexibility index (Phi) is 7.68. The summed E-state index contributed by atoms with van der Waals surface area (Å²) in [4.78, 5) is 9.98. The zero-order valence-electron chi connectivity index (χ0n) is 15.6. The molecule has 3 N–H and O–H groups in total. The normalized spacial score (nSPS) is 12.6. The SMILES string of the molecule is CCNC(=NCc1ncc(C)s1)NCC(O)c1ccc(OC)c(OC)c1. The lowest BCUT2D eigenvalue weighted by molar-refractivity contribution is 0.180. The Morgan fingerprint density at radius 2 is 2.04 bits per heavy atom. The molecule has 1 unspecified atom stereocenters. The number of guanidine groups is 1. The summed E-state index contributed by atoms with van der Waals surface area (Å²) in [5.41, 5.74) is 0.738. The van der Waals surface area contributed by atoms with Gasteiger partial charge in [0.05, 0.1) is 26.9 Å². The molecule has 0 aliphatic rings. The van der Waals surface area contributed by atoms with E-state index in [4.69, 9.17) is 9.47 Å². The highest BCUT2D eigenvalue weighted by Crippen LogP contribution is 2.29. The van der Waals surface area contributed by atoms with Crippen LogP contribution in [0, 0.1) is 6.92 Å². The molecule has 1 heterocycles. The van der Waals surface area contributed by atoms with E-state index in [0.717, 1.165) is 22.0 Å². The summed E-state index contributed by atoms with van der Waals surface area (Å²) in [5.74, 6) is 1.86. The Morgan fingerprint density at radius 1 is 1.27 bits per heavy atom. The van der Waals surface area contributed by atoms with Crippen LogP contribution in [0.1, 0.15) is 28.5 Å². The lowest BCUT2D eigenvalue weighted by atomic mass is 10.1. The van der Waals surface area contributed by atoms with Crippen molar-refractivity contribution >= 4 is 17.3 Å². The molecule has 8 heteroatoms. The monoisotopic (exact) mass is 378 g/mol. The number of ether oxygens (including phenoxy) is 2. The zero-order valence-corrected chi connectivity index (χ0v) is 16.4. The number of aliphatic imine (C=N–C) groups is 1. The second-order valence-corrected chi connectivity index (χ2v) is 6.89. The molecule has 1 atom stereocenters. The predicted octanol–water partition coefficient (Wildman–Crippen LogP) is 2.26. The third kappa shape index (κ3) is 5.60. The molecule has 0 fully saturated rings. The molecule has 142 valence electrons. The highest BCUT2D eigenvalue weighted by molar-refractivity contribution is 7.11. The minimum absolute atomic E-state index is 0.318. The number of benzene rings is 1. The maximum atomic E-state index is 10.5. The Hall–Kier alpha value is -2.32. The molecule has 0 saturated carbocycles. The first-order valence-electron chi connectivity index (χ1n) is 8.40. The summed E-state index contributed by atoms with van der Waals surface area (Å²) in [5, 5.41) is 17.7. The van der Waals surface area contributed by atoms with E-state index in [1.807, 2.05) is 26.1 Å². The number of aromatic nitrogens is 1. The standard InChI is InChI=1S/C18H26N4O3S/c1-5-19-18(22-11-17-20-9-12(2)26-17)21-10-14(23)13-6-7-15(24-3)16(8-13)25-4/h6-9,14,23H,5,10-11H2,1-4H3,(H2,19,21,22).